The first-order chi connectivity index (χ1) is 10.8. The molecule has 1 aliphatic heterocycles. The number of aryl methyl sites for hydroxylation is 1. The molecule has 1 aromatic heterocycles. The third kappa shape index (κ3) is 3.98. The minimum Gasteiger partial charge on any atom is -0.488 e. The van der Waals surface area contributed by atoms with E-state index in [-0.39, 0.29) is 0 Å². The monoisotopic (exact) mass is 298 g/mol. The normalized spacial score (nSPS) is 18.0. The third-order valence-corrected chi connectivity index (χ3v) is 3.81. The van der Waals surface area contributed by atoms with Gasteiger partial charge >= 0.3 is 0 Å². The molecular formula is C18H22N2O2. The summed E-state index contributed by atoms with van der Waals surface area (Å²) in [5.74, 6) is 2.56. The zero-order chi connectivity index (χ0) is 15.2. The first kappa shape index (κ1) is 14.9. The van der Waals surface area contributed by atoms with E-state index in [4.69, 9.17) is 9.47 Å². The highest BCUT2D eigenvalue weighted by Crippen LogP contribution is 2.29. The van der Waals surface area contributed by atoms with E-state index in [2.05, 4.69) is 10.3 Å². The predicted molar refractivity (Wildman–Crippen MR) is 86.6 cm³/mol. The van der Waals surface area contributed by atoms with Gasteiger partial charge in [-0.15, -0.1) is 0 Å². The summed E-state index contributed by atoms with van der Waals surface area (Å²) in [6.45, 7) is 4.88. The Kier molecular flexibility index (Phi) is 4.91. The Balaban J connectivity index is 1.66. The van der Waals surface area contributed by atoms with Crippen LogP contribution in [0.25, 0.3) is 0 Å². The van der Waals surface area contributed by atoms with Crippen LogP contribution in [-0.2, 0) is 0 Å². The topological polar surface area (TPSA) is 43.4 Å². The summed E-state index contributed by atoms with van der Waals surface area (Å²) in [4.78, 5) is 4.30. The number of benzene rings is 1. The summed E-state index contributed by atoms with van der Waals surface area (Å²) in [6, 6.07) is 11.7. The Morgan fingerprint density at radius 2 is 2.23 bits per heavy atom. The number of nitrogens with zero attached hydrogens (tertiary/aromatic N) is 1. The Bertz CT molecular complexity index is 610. The lowest BCUT2D eigenvalue weighted by molar-refractivity contribution is 0.212. The van der Waals surface area contributed by atoms with Crippen molar-refractivity contribution in [2.45, 2.75) is 19.8 Å². The molecule has 0 saturated carbocycles. The predicted octanol–water partition coefficient (Wildman–Crippen LogP) is 3.56. The molecule has 1 atom stereocenters. The molecule has 3 rings (SSSR count). The van der Waals surface area contributed by atoms with Gasteiger partial charge in [-0.3, -0.25) is 0 Å². The average Bonchev–Trinajstić information content (AvgIpc) is 2.55. The fourth-order valence-corrected chi connectivity index (χ4v) is 2.63. The maximum absolute atomic E-state index is 5.95. The highest BCUT2D eigenvalue weighted by Gasteiger charge is 2.15. The second-order valence-corrected chi connectivity index (χ2v) is 5.75. The van der Waals surface area contributed by atoms with Crippen molar-refractivity contribution in [3.05, 3.63) is 48.2 Å². The maximum Gasteiger partial charge on any atom is 0.262 e. The molecule has 0 amide bonds. The van der Waals surface area contributed by atoms with Gasteiger partial charge in [0.1, 0.15) is 5.75 Å². The van der Waals surface area contributed by atoms with Crippen molar-refractivity contribution in [2.75, 3.05) is 19.7 Å². The summed E-state index contributed by atoms with van der Waals surface area (Å²) >= 11 is 0. The van der Waals surface area contributed by atoms with Crippen LogP contribution < -0.4 is 14.8 Å². The van der Waals surface area contributed by atoms with E-state index in [0.717, 1.165) is 24.4 Å². The molecule has 22 heavy (non-hydrogen) atoms. The lowest BCUT2D eigenvalue weighted by atomic mass is 10.0. The Morgan fingerprint density at radius 3 is 3.05 bits per heavy atom. The molecule has 1 fully saturated rings. The molecule has 116 valence electrons. The summed E-state index contributed by atoms with van der Waals surface area (Å²) in [5, 5.41) is 3.40. The largest absolute Gasteiger partial charge is 0.488 e. The van der Waals surface area contributed by atoms with Crippen molar-refractivity contribution >= 4 is 0 Å². The van der Waals surface area contributed by atoms with Crippen LogP contribution in [0.4, 0.5) is 0 Å². The first-order valence-electron chi connectivity index (χ1n) is 7.84. The molecular weight excluding hydrogens is 276 g/mol. The fourth-order valence-electron chi connectivity index (χ4n) is 2.63. The van der Waals surface area contributed by atoms with Gasteiger partial charge < -0.3 is 14.8 Å². The van der Waals surface area contributed by atoms with Gasteiger partial charge in [-0.1, -0.05) is 12.1 Å². The number of rotatable bonds is 5. The number of pyridine rings is 1. The van der Waals surface area contributed by atoms with E-state index in [1.54, 1.807) is 6.20 Å². The number of piperidine rings is 1. The van der Waals surface area contributed by atoms with Gasteiger partial charge in [-0.25, -0.2) is 4.98 Å². The molecule has 2 heterocycles. The molecule has 0 radical (unpaired) electrons. The van der Waals surface area contributed by atoms with Gasteiger partial charge in [-0.05, 0) is 56.1 Å². The number of aromatic nitrogens is 1. The third-order valence-electron chi connectivity index (χ3n) is 3.81. The summed E-state index contributed by atoms with van der Waals surface area (Å²) in [7, 11) is 0. The smallest absolute Gasteiger partial charge is 0.262 e. The van der Waals surface area contributed by atoms with Gasteiger partial charge in [0.25, 0.3) is 5.88 Å². The maximum atomic E-state index is 5.95. The summed E-state index contributed by atoms with van der Waals surface area (Å²) in [6.07, 6.45) is 4.15. The van der Waals surface area contributed by atoms with Crippen molar-refractivity contribution < 1.29 is 9.47 Å². The van der Waals surface area contributed by atoms with Gasteiger partial charge in [-0.2, -0.15) is 0 Å². The lowest BCUT2D eigenvalue weighted by Gasteiger charge is -2.23. The van der Waals surface area contributed by atoms with E-state index < -0.39 is 0 Å². The molecule has 1 aliphatic rings. The number of hydrogen-bond donors (Lipinski definition) is 1. The molecule has 4 nitrogen and oxygen atoms in total. The lowest BCUT2D eigenvalue weighted by Crippen LogP contribution is -2.33. The molecule has 1 saturated heterocycles. The Hall–Kier alpha value is -2.07. The second-order valence-electron chi connectivity index (χ2n) is 5.75. The number of ether oxygens (including phenoxy) is 2. The minimum absolute atomic E-state index is 0.525. The van der Waals surface area contributed by atoms with Gasteiger partial charge in [0.15, 0.2) is 5.75 Å². The van der Waals surface area contributed by atoms with Crippen molar-refractivity contribution in [3.8, 4) is 17.4 Å². The molecule has 4 heteroatoms. The van der Waals surface area contributed by atoms with E-state index in [1.165, 1.54) is 12.8 Å². The van der Waals surface area contributed by atoms with E-state index in [1.807, 2.05) is 43.3 Å². The van der Waals surface area contributed by atoms with Gasteiger partial charge in [0.2, 0.25) is 0 Å². The summed E-state index contributed by atoms with van der Waals surface area (Å²) in [5.41, 5.74) is 1.16. The zero-order valence-electron chi connectivity index (χ0n) is 12.9. The van der Waals surface area contributed by atoms with Crippen LogP contribution in [0.2, 0.25) is 0 Å². The van der Waals surface area contributed by atoms with Crippen LogP contribution in [0.3, 0.4) is 0 Å². The van der Waals surface area contributed by atoms with Crippen molar-refractivity contribution in [2.24, 2.45) is 5.92 Å². The second kappa shape index (κ2) is 7.27. The van der Waals surface area contributed by atoms with Crippen LogP contribution in [0.15, 0.2) is 42.6 Å². The zero-order valence-corrected chi connectivity index (χ0v) is 12.9. The highest BCUT2D eigenvalue weighted by atomic mass is 16.5. The molecule has 2 aromatic rings. The van der Waals surface area contributed by atoms with Crippen LogP contribution in [0.5, 0.6) is 17.4 Å². The highest BCUT2D eigenvalue weighted by molar-refractivity contribution is 5.38. The molecule has 0 aliphatic carbocycles. The number of hydrogen-bond acceptors (Lipinski definition) is 4. The first-order valence-corrected chi connectivity index (χ1v) is 7.84. The quantitative estimate of drug-likeness (QED) is 0.916. The summed E-state index contributed by atoms with van der Waals surface area (Å²) < 4.78 is 11.8. The Morgan fingerprint density at radius 1 is 1.27 bits per heavy atom. The van der Waals surface area contributed by atoms with E-state index in [9.17, 15) is 0 Å². The van der Waals surface area contributed by atoms with Crippen LogP contribution in [0, 0.1) is 12.8 Å². The van der Waals surface area contributed by atoms with Crippen molar-refractivity contribution in [1.82, 2.24) is 10.3 Å². The average molecular weight is 298 g/mol. The van der Waals surface area contributed by atoms with Crippen LogP contribution >= 0.6 is 0 Å². The molecule has 0 bridgehead atoms. The van der Waals surface area contributed by atoms with Gasteiger partial charge in [0, 0.05) is 18.7 Å². The SMILES string of the molecule is Cc1cccc(Oc2ncccc2OCC2CCCNC2)c1. The molecule has 1 unspecified atom stereocenters. The van der Waals surface area contributed by atoms with Crippen molar-refractivity contribution in [1.29, 1.82) is 0 Å². The minimum atomic E-state index is 0.525. The van der Waals surface area contributed by atoms with Crippen LogP contribution in [0.1, 0.15) is 18.4 Å². The van der Waals surface area contributed by atoms with Gasteiger partial charge in [0.05, 0.1) is 6.61 Å². The Labute approximate surface area is 131 Å². The van der Waals surface area contributed by atoms with Crippen LogP contribution in [-0.4, -0.2) is 24.7 Å². The molecule has 1 N–H and O–H groups in total. The molecule has 0 spiro atoms. The number of nitrogens with one attached hydrogen (secondary N) is 1. The molecule has 1 aromatic carbocycles. The van der Waals surface area contributed by atoms with Crippen molar-refractivity contribution in [3.63, 3.8) is 0 Å². The standard InChI is InChI=1S/C18H22N2O2/c1-14-5-2-7-16(11-14)22-18-17(8-4-10-20-18)21-13-15-6-3-9-19-12-15/h2,4-5,7-8,10-11,15,19H,3,6,9,12-13H2,1H3. The van der Waals surface area contributed by atoms with E-state index >= 15 is 0 Å². The fraction of sp³-hybridized carbons (Fsp3) is 0.389. The van der Waals surface area contributed by atoms with E-state index in [0.29, 0.717) is 24.2 Å².